The fourth-order valence-electron chi connectivity index (χ4n) is 5.43. The maximum absolute atomic E-state index is 12.6. The van der Waals surface area contributed by atoms with E-state index in [1.807, 2.05) is 16.7 Å². The van der Waals surface area contributed by atoms with Gasteiger partial charge in [0.05, 0.1) is 45.3 Å². The molecule has 2 aromatic rings. The Hall–Kier alpha value is -2.88. The van der Waals surface area contributed by atoms with Crippen LogP contribution in [-0.2, 0) is 9.47 Å². The van der Waals surface area contributed by atoms with Crippen molar-refractivity contribution >= 4 is 5.97 Å². The zero-order valence-electron chi connectivity index (χ0n) is 20.4. The van der Waals surface area contributed by atoms with E-state index in [0.29, 0.717) is 30.4 Å². The van der Waals surface area contributed by atoms with Gasteiger partial charge in [0.1, 0.15) is 11.7 Å². The number of aromatic nitrogens is 1. The van der Waals surface area contributed by atoms with Crippen molar-refractivity contribution < 1.29 is 28.8 Å². The standard InChI is InChI=1S/C26H32N2O7/c1-26(2)15-35-23-17-12-22(34-8-4-5-27-6-9-33-10-7-27)21(32-3)11-16(17)19-13-20(29)18(25(30)31)14-28(19)24(23)26/h11-14,23-24H,4-10,15H2,1-3H3,(H,30,31)/t23-,24+/m1/s1. The third-order valence-electron chi connectivity index (χ3n) is 7.23. The summed E-state index contributed by atoms with van der Waals surface area (Å²) in [5.74, 6) is -0.0341. The van der Waals surface area contributed by atoms with Crippen molar-refractivity contribution in [1.29, 1.82) is 0 Å². The number of rotatable bonds is 7. The summed E-state index contributed by atoms with van der Waals surface area (Å²) < 4.78 is 25.4. The van der Waals surface area contributed by atoms with Gasteiger partial charge in [0.15, 0.2) is 16.9 Å². The molecule has 0 aliphatic carbocycles. The zero-order chi connectivity index (χ0) is 24.7. The largest absolute Gasteiger partial charge is 0.493 e. The number of nitrogens with zero attached hydrogens (tertiary/aromatic N) is 2. The molecule has 0 spiro atoms. The molecule has 4 heterocycles. The monoisotopic (exact) mass is 484 g/mol. The van der Waals surface area contributed by atoms with E-state index < -0.39 is 11.4 Å². The molecule has 0 saturated carbocycles. The van der Waals surface area contributed by atoms with E-state index in [2.05, 4.69) is 18.7 Å². The van der Waals surface area contributed by atoms with Crippen LogP contribution in [0.4, 0.5) is 0 Å². The molecule has 1 aromatic carbocycles. The average Bonchev–Trinajstić information content (AvgIpc) is 3.17. The smallest absolute Gasteiger partial charge is 0.341 e. The number of aromatic carboxylic acids is 1. The first kappa shape index (κ1) is 23.8. The SMILES string of the molecule is COc1cc2c(cc1OCCCN1CCOCC1)[C@H]1OCC(C)(C)[C@H]1n1cc(C(=O)O)c(=O)cc1-2. The highest BCUT2D eigenvalue weighted by Gasteiger charge is 2.49. The highest BCUT2D eigenvalue weighted by atomic mass is 16.5. The first-order valence-corrected chi connectivity index (χ1v) is 12.1. The third kappa shape index (κ3) is 4.32. The van der Waals surface area contributed by atoms with Gasteiger partial charge in [0, 0.05) is 42.9 Å². The Bertz CT molecular complexity index is 1180. The van der Waals surface area contributed by atoms with Gasteiger partial charge < -0.3 is 28.6 Å². The summed E-state index contributed by atoms with van der Waals surface area (Å²) in [6, 6.07) is 5.07. The lowest BCUT2D eigenvalue weighted by molar-refractivity contribution is 0.0357. The van der Waals surface area contributed by atoms with Crippen LogP contribution in [0.5, 0.6) is 11.5 Å². The van der Waals surface area contributed by atoms with Crippen molar-refractivity contribution in [1.82, 2.24) is 9.47 Å². The summed E-state index contributed by atoms with van der Waals surface area (Å²) in [4.78, 5) is 26.7. The van der Waals surface area contributed by atoms with Crippen molar-refractivity contribution in [3.05, 3.63) is 45.7 Å². The van der Waals surface area contributed by atoms with Gasteiger partial charge >= 0.3 is 5.97 Å². The number of hydrogen-bond acceptors (Lipinski definition) is 7. The Kier molecular flexibility index (Phi) is 6.33. The van der Waals surface area contributed by atoms with E-state index in [9.17, 15) is 14.7 Å². The van der Waals surface area contributed by atoms with Gasteiger partial charge in [-0.2, -0.15) is 0 Å². The molecule has 2 saturated heterocycles. The third-order valence-corrected chi connectivity index (χ3v) is 7.23. The Morgan fingerprint density at radius 1 is 1.20 bits per heavy atom. The van der Waals surface area contributed by atoms with Crippen LogP contribution in [0.1, 0.15) is 48.3 Å². The molecule has 0 amide bonds. The molecule has 3 aliphatic rings. The number of benzene rings is 1. The first-order valence-electron chi connectivity index (χ1n) is 12.1. The summed E-state index contributed by atoms with van der Waals surface area (Å²) in [6.07, 6.45) is 2.05. The molecule has 2 atom stereocenters. The minimum absolute atomic E-state index is 0.161. The van der Waals surface area contributed by atoms with Gasteiger partial charge in [-0.05, 0) is 24.1 Å². The minimum Gasteiger partial charge on any atom is -0.493 e. The van der Waals surface area contributed by atoms with E-state index in [4.69, 9.17) is 18.9 Å². The lowest BCUT2D eigenvalue weighted by Gasteiger charge is -2.38. The summed E-state index contributed by atoms with van der Waals surface area (Å²) in [5.41, 5.74) is 1.34. The second-order valence-corrected chi connectivity index (χ2v) is 10.1. The zero-order valence-corrected chi connectivity index (χ0v) is 20.4. The molecule has 3 aliphatic heterocycles. The van der Waals surface area contributed by atoms with E-state index in [-0.39, 0.29) is 23.1 Å². The molecule has 0 radical (unpaired) electrons. The molecule has 5 rings (SSSR count). The average molecular weight is 485 g/mol. The van der Waals surface area contributed by atoms with Gasteiger partial charge in [-0.3, -0.25) is 9.69 Å². The van der Waals surface area contributed by atoms with Crippen LogP contribution in [0, 0.1) is 5.41 Å². The molecular weight excluding hydrogens is 452 g/mol. The molecule has 1 aromatic heterocycles. The van der Waals surface area contributed by atoms with Crippen molar-refractivity contribution in [3.8, 4) is 22.8 Å². The molecule has 0 unspecified atom stereocenters. The van der Waals surface area contributed by atoms with Gasteiger partial charge in [0.2, 0.25) is 0 Å². The molecule has 9 heteroatoms. The quantitative estimate of drug-likeness (QED) is 0.599. The molecular formula is C26H32N2O7. The predicted molar refractivity (Wildman–Crippen MR) is 129 cm³/mol. The molecule has 9 nitrogen and oxygen atoms in total. The lowest BCUT2D eigenvalue weighted by Crippen LogP contribution is -2.37. The number of pyridine rings is 1. The summed E-state index contributed by atoms with van der Waals surface area (Å²) in [5, 5.41) is 9.55. The number of fused-ring (bicyclic) bond motifs is 6. The van der Waals surface area contributed by atoms with Crippen LogP contribution in [-0.4, -0.2) is 73.7 Å². The Morgan fingerprint density at radius 3 is 2.69 bits per heavy atom. The van der Waals surface area contributed by atoms with Crippen LogP contribution in [0.25, 0.3) is 11.3 Å². The highest BCUT2D eigenvalue weighted by molar-refractivity contribution is 5.88. The van der Waals surface area contributed by atoms with Crippen molar-refractivity contribution in [2.75, 3.05) is 53.2 Å². The van der Waals surface area contributed by atoms with Gasteiger partial charge in [-0.1, -0.05) is 13.8 Å². The first-order chi connectivity index (χ1) is 16.8. The Morgan fingerprint density at radius 2 is 1.97 bits per heavy atom. The molecule has 0 bridgehead atoms. The van der Waals surface area contributed by atoms with Crippen molar-refractivity contribution in [2.45, 2.75) is 32.4 Å². The summed E-state index contributed by atoms with van der Waals surface area (Å²) in [6.45, 7) is 9.63. The van der Waals surface area contributed by atoms with E-state index in [1.165, 1.54) is 12.3 Å². The van der Waals surface area contributed by atoms with Crippen LogP contribution in [0.2, 0.25) is 0 Å². The number of ether oxygens (including phenoxy) is 4. The second kappa shape index (κ2) is 9.29. The molecule has 2 fully saturated rings. The summed E-state index contributed by atoms with van der Waals surface area (Å²) in [7, 11) is 1.59. The number of morpholine rings is 1. The van der Waals surface area contributed by atoms with E-state index in [0.717, 1.165) is 50.4 Å². The van der Waals surface area contributed by atoms with E-state index in [1.54, 1.807) is 7.11 Å². The Labute approximate surface area is 204 Å². The minimum atomic E-state index is -1.23. The summed E-state index contributed by atoms with van der Waals surface area (Å²) >= 11 is 0. The second-order valence-electron chi connectivity index (χ2n) is 10.1. The van der Waals surface area contributed by atoms with Crippen LogP contribution < -0.4 is 14.9 Å². The van der Waals surface area contributed by atoms with Crippen LogP contribution >= 0.6 is 0 Å². The number of carbonyl (C=O) groups is 1. The predicted octanol–water partition coefficient (Wildman–Crippen LogP) is 2.98. The van der Waals surface area contributed by atoms with Gasteiger partial charge in [-0.15, -0.1) is 0 Å². The molecule has 188 valence electrons. The van der Waals surface area contributed by atoms with Crippen LogP contribution in [0.3, 0.4) is 0 Å². The van der Waals surface area contributed by atoms with Gasteiger partial charge in [0.25, 0.3) is 0 Å². The van der Waals surface area contributed by atoms with E-state index >= 15 is 0 Å². The highest BCUT2D eigenvalue weighted by Crippen LogP contribution is 2.56. The van der Waals surface area contributed by atoms with Crippen molar-refractivity contribution in [3.63, 3.8) is 0 Å². The van der Waals surface area contributed by atoms with Gasteiger partial charge in [-0.25, -0.2) is 4.79 Å². The normalized spacial score (nSPS) is 22.7. The fourth-order valence-corrected chi connectivity index (χ4v) is 5.43. The fraction of sp³-hybridized carbons (Fsp3) is 0.538. The molecule has 1 N–H and O–H groups in total. The number of hydrogen-bond donors (Lipinski definition) is 1. The van der Waals surface area contributed by atoms with Crippen LogP contribution in [0.15, 0.2) is 29.2 Å². The topological polar surface area (TPSA) is 99.5 Å². The number of carboxylic acids is 1. The van der Waals surface area contributed by atoms with Crippen molar-refractivity contribution in [2.24, 2.45) is 5.41 Å². The molecule has 35 heavy (non-hydrogen) atoms. The maximum Gasteiger partial charge on any atom is 0.341 e. The maximum atomic E-state index is 12.6. The number of carboxylic acid groups (broad SMARTS) is 1. The lowest BCUT2D eigenvalue weighted by atomic mass is 9.78. The Balaban J connectivity index is 1.49. The number of methoxy groups -OCH3 is 1.